The minimum Gasteiger partial charge on any atom is -0.481 e. The van der Waals surface area contributed by atoms with Crippen LogP contribution in [0.25, 0.3) is 0 Å². The van der Waals surface area contributed by atoms with E-state index in [4.69, 9.17) is 9.47 Å². The number of aliphatic hydroxyl groups is 1. The average Bonchev–Trinajstić information content (AvgIpc) is 3.41. The summed E-state index contributed by atoms with van der Waals surface area (Å²) in [6.07, 6.45) is 7.22. The van der Waals surface area contributed by atoms with Crippen LogP contribution < -0.4 is 0 Å². The van der Waals surface area contributed by atoms with Crippen molar-refractivity contribution in [3.05, 3.63) is 11.6 Å². The zero-order chi connectivity index (χ0) is 22.4. The lowest BCUT2D eigenvalue weighted by molar-refractivity contribution is -0.274. The Morgan fingerprint density at radius 1 is 1.16 bits per heavy atom. The average molecular weight is 433 g/mol. The molecule has 0 aromatic rings. The molecule has 4 saturated carbocycles. The zero-order valence-electron chi connectivity index (χ0n) is 19.2. The Hall–Kier alpha value is -1.40. The summed E-state index contributed by atoms with van der Waals surface area (Å²) in [5.74, 6) is -1.07. The van der Waals surface area contributed by atoms with Crippen LogP contribution in [0.15, 0.2) is 11.6 Å². The third-order valence-electron chi connectivity index (χ3n) is 10.6. The zero-order valence-corrected chi connectivity index (χ0v) is 19.2. The van der Waals surface area contributed by atoms with E-state index in [1.165, 1.54) is 0 Å². The number of ether oxygens (including phenoxy) is 2. The number of aliphatic carboxylic acids is 1. The Morgan fingerprint density at radius 2 is 1.87 bits per heavy atom. The summed E-state index contributed by atoms with van der Waals surface area (Å²) in [7, 11) is 0. The molecule has 2 spiro atoms. The predicted molar refractivity (Wildman–Crippen MR) is 113 cm³/mol. The molecule has 5 rings (SSSR count). The van der Waals surface area contributed by atoms with Gasteiger partial charge >= 0.3 is 11.9 Å². The minimum atomic E-state index is -1.07. The molecular weight excluding hydrogens is 396 g/mol. The fraction of sp³-hybridized carbons (Fsp3) is 0.840. The molecule has 0 radical (unpaired) electrons. The van der Waals surface area contributed by atoms with Gasteiger partial charge in [-0.25, -0.2) is 4.79 Å². The van der Waals surface area contributed by atoms with Gasteiger partial charge in [-0.2, -0.15) is 0 Å². The molecule has 0 unspecified atom stereocenters. The molecule has 0 aromatic carbocycles. The third-order valence-corrected chi connectivity index (χ3v) is 10.6. The summed E-state index contributed by atoms with van der Waals surface area (Å²) in [4.78, 5) is 25.0. The molecule has 0 aromatic heterocycles. The highest BCUT2D eigenvalue weighted by atomic mass is 16.6. The van der Waals surface area contributed by atoms with Crippen LogP contribution in [0.2, 0.25) is 0 Å². The van der Waals surface area contributed by atoms with Crippen LogP contribution in [0.1, 0.15) is 79.1 Å². The van der Waals surface area contributed by atoms with E-state index in [0.29, 0.717) is 25.0 Å². The van der Waals surface area contributed by atoms with Crippen molar-refractivity contribution in [3.8, 4) is 0 Å². The summed E-state index contributed by atoms with van der Waals surface area (Å²) >= 11 is 0. The van der Waals surface area contributed by atoms with Crippen LogP contribution in [0.3, 0.4) is 0 Å². The van der Waals surface area contributed by atoms with Crippen molar-refractivity contribution in [2.75, 3.05) is 6.61 Å². The fourth-order valence-electron chi connectivity index (χ4n) is 8.62. The van der Waals surface area contributed by atoms with Gasteiger partial charge in [0.15, 0.2) is 0 Å². The molecule has 1 saturated heterocycles. The van der Waals surface area contributed by atoms with Crippen LogP contribution in [-0.4, -0.2) is 46.1 Å². The summed E-state index contributed by atoms with van der Waals surface area (Å²) < 4.78 is 12.0. The smallest absolute Gasteiger partial charge is 0.333 e. The van der Waals surface area contributed by atoms with E-state index >= 15 is 0 Å². The maximum absolute atomic E-state index is 12.7. The molecule has 4 aliphatic carbocycles. The Balaban J connectivity index is 1.57. The molecule has 1 heterocycles. The first-order chi connectivity index (χ1) is 14.5. The molecule has 5 aliphatic rings. The van der Waals surface area contributed by atoms with E-state index in [0.717, 1.165) is 38.5 Å². The van der Waals surface area contributed by atoms with Gasteiger partial charge in [-0.15, -0.1) is 0 Å². The first kappa shape index (κ1) is 21.4. The molecule has 5 fully saturated rings. The Bertz CT molecular complexity index is 860. The number of allylic oxidation sites excluding steroid dienone is 1. The van der Waals surface area contributed by atoms with Gasteiger partial charge in [-0.1, -0.05) is 19.4 Å². The largest absolute Gasteiger partial charge is 0.481 e. The standard InChI is InChI=1S/C25H36O6/c1-5-15(2)19(26)31-17-12-25(29)22(4)9-6-8-21(3,20(27)28)18(22)7-10-23(25)11-16(17)24(13-23)14-30-24/h5,16-18,29H,6-14H2,1-4H3,(H,27,28)/b15-5-/t16-,17+,18+,21-,22+,23-,24-,25+/m0/s1. The van der Waals surface area contributed by atoms with E-state index < -0.39 is 28.5 Å². The minimum absolute atomic E-state index is 0.0938. The topological polar surface area (TPSA) is 96.4 Å². The van der Waals surface area contributed by atoms with Crippen molar-refractivity contribution in [2.45, 2.75) is 96.4 Å². The number of carboxylic acid groups (broad SMARTS) is 1. The van der Waals surface area contributed by atoms with E-state index in [1.54, 1.807) is 13.0 Å². The van der Waals surface area contributed by atoms with Gasteiger partial charge in [-0.05, 0) is 65.2 Å². The van der Waals surface area contributed by atoms with Crippen LogP contribution in [-0.2, 0) is 19.1 Å². The van der Waals surface area contributed by atoms with Gasteiger partial charge in [-0.3, -0.25) is 4.79 Å². The number of fused-ring (bicyclic) bond motifs is 4. The van der Waals surface area contributed by atoms with E-state index in [-0.39, 0.29) is 28.8 Å². The molecule has 6 nitrogen and oxygen atoms in total. The summed E-state index contributed by atoms with van der Waals surface area (Å²) in [6, 6.07) is 0. The lowest BCUT2D eigenvalue weighted by Crippen LogP contribution is -2.70. The molecule has 2 bridgehead atoms. The van der Waals surface area contributed by atoms with Gasteiger partial charge in [0.05, 0.1) is 23.2 Å². The van der Waals surface area contributed by atoms with Gasteiger partial charge in [0, 0.05) is 28.7 Å². The highest BCUT2D eigenvalue weighted by Crippen LogP contribution is 2.76. The van der Waals surface area contributed by atoms with Crippen LogP contribution in [0, 0.1) is 28.1 Å². The molecule has 172 valence electrons. The second-order valence-electron chi connectivity index (χ2n) is 11.7. The Labute approximate surface area is 184 Å². The van der Waals surface area contributed by atoms with Crippen LogP contribution in [0.4, 0.5) is 0 Å². The SMILES string of the molecule is C/C=C(/C)C(=O)O[C@@H]1C[C@]2(O)[C@@]3(CC[C@@H]4[C@@](C)(C(=O)O)CCC[C@]42C)C[C@@H]1[C@@]1(CO1)C3. The second-order valence-corrected chi connectivity index (χ2v) is 11.7. The highest BCUT2D eigenvalue weighted by Gasteiger charge is 2.79. The first-order valence-corrected chi connectivity index (χ1v) is 11.9. The highest BCUT2D eigenvalue weighted by molar-refractivity contribution is 5.87. The van der Waals surface area contributed by atoms with Crippen molar-refractivity contribution < 1.29 is 29.3 Å². The van der Waals surface area contributed by atoms with Crippen LogP contribution in [0.5, 0.6) is 0 Å². The van der Waals surface area contributed by atoms with E-state index in [2.05, 4.69) is 6.92 Å². The first-order valence-electron chi connectivity index (χ1n) is 11.9. The van der Waals surface area contributed by atoms with Gasteiger partial charge < -0.3 is 19.7 Å². The van der Waals surface area contributed by atoms with E-state index in [1.807, 2.05) is 13.8 Å². The predicted octanol–water partition coefficient (Wildman–Crippen LogP) is 3.86. The molecule has 1 aliphatic heterocycles. The monoisotopic (exact) mass is 432 g/mol. The number of rotatable bonds is 3. The Morgan fingerprint density at radius 3 is 2.48 bits per heavy atom. The lowest BCUT2D eigenvalue weighted by atomic mass is 9.38. The number of epoxide rings is 1. The second kappa shape index (κ2) is 6.34. The van der Waals surface area contributed by atoms with Crippen molar-refractivity contribution in [1.82, 2.24) is 0 Å². The van der Waals surface area contributed by atoms with Crippen molar-refractivity contribution in [2.24, 2.45) is 28.1 Å². The Kier molecular flexibility index (Phi) is 4.39. The number of carboxylic acids is 1. The maximum Gasteiger partial charge on any atom is 0.333 e. The van der Waals surface area contributed by atoms with Crippen molar-refractivity contribution in [3.63, 3.8) is 0 Å². The van der Waals surface area contributed by atoms with Crippen LogP contribution >= 0.6 is 0 Å². The molecule has 31 heavy (non-hydrogen) atoms. The quantitative estimate of drug-likeness (QED) is 0.399. The summed E-state index contributed by atoms with van der Waals surface area (Å²) in [5, 5.41) is 22.8. The number of hydrogen-bond acceptors (Lipinski definition) is 5. The van der Waals surface area contributed by atoms with Gasteiger partial charge in [0.25, 0.3) is 0 Å². The van der Waals surface area contributed by atoms with E-state index in [9.17, 15) is 19.8 Å². The molecular formula is C25H36O6. The molecule has 2 N–H and O–H groups in total. The molecule has 0 amide bonds. The number of hydrogen-bond donors (Lipinski definition) is 2. The third kappa shape index (κ3) is 2.52. The number of carbonyl (C=O) groups excluding carboxylic acids is 1. The summed E-state index contributed by atoms with van der Waals surface area (Å²) in [6.45, 7) is 8.23. The number of esters is 1. The van der Waals surface area contributed by atoms with Gasteiger partial charge in [0.2, 0.25) is 0 Å². The lowest BCUT2D eigenvalue weighted by Gasteiger charge is -2.68. The van der Waals surface area contributed by atoms with Gasteiger partial charge in [0.1, 0.15) is 6.10 Å². The normalized spacial score (nSPS) is 52.9. The number of carbonyl (C=O) groups is 2. The fourth-order valence-corrected chi connectivity index (χ4v) is 8.62. The van der Waals surface area contributed by atoms with Crippen molar-refractivity contribution in [1.29, 1.82) is 0 Å². The molecule has 8 atom stereocenters. The van der Waals surface area contributed by atoms with Crippen molar-refractivity contribution >= 4 is 11.9 Å². The molecule has 6 heteroatoms. The maximum atomic E-state index is 12.7. The summed E-state index contributed by atoms with van der Waals surface area (Å²) in [5.41, 5.74) is -2.43.